The highest BCUT2D eigenvalue weighted by atomic mass is 35.5. The molecule has 2 aliphatic rings. The molecule has 6 nitrogen and oxygen atoms in total. The number of carbonyl (C=O) groups excluding carboxylic acids is 2. The number of halogens is 1. The van der Waals surface area contributed by atoms with Gasteiger partial charge in [-0.25, -0.2) is 9.79 Å². The Kier molecular flexibility index (Phi) is 7.44. The first-order valence-electron chi connectivity index (χ1n) is 11.1. The van der Waals surface area contributed by atoms with Crippen LogP contribution in [0.2, 0.25) is 5.02 Å². The Morgan fingerprint density at radius 3 is 2.56 bits per heavy atom. The first kappa shape index (κ1) is 24.1. The number of amides is 1. The summed E-state index contributed by atoms with van der Waals surface area (Å²) in [5.74, 6) is -0.524. The van der Waals surface area contributed by atoms with Crippen LogP contribution in [-0.2, 0) is 14.3 Å². The number of benzene rings is 2. The Hall–Kier alpha value is -3.03. The van der Waals surface area contributed by atoms with Crippen LogP contribution < -0.4 is 5.32 Å². The maximum Gasteiger partial charge on any atom is 0.338 e. The lowest BCUT2D eigenvalue weighted by atomic mass is 9.94. The van der Waals surface area contributed by atoms with Crippen molar-refractivity contribution in [1.82, 2.24) is 10.2 Å². The molecule has 0 saturated carbocycles. The van der Waals surface area contributed by atoms with E-state index in [1.54, 1.807) is 19.1 Å². The maximum absolute atomic E-state index is 13.0. The van der Waals surface area contributed by atoms with E-state index in [9.17, 15) is 9.59 Å². The highest BCUT2D eigenvalue weighted by molar-refractivity contribution is 8.16. The molecule has 4 rings (SSSR count). The Bertz CT molecular complexity index is 1180. The Morgan fingerprint density at radius 2 is 1.88 bits per heavy atom. The van der Waals surface area contributed by atoms with E-state index in [0.717, 1.165) is 22.0 Å². The van der Waals surface area contributed by atoms with Crippen LogP contribution in [0, 0.1) is 0 Å². The van der Waals surface area contributed by atoms with Gasteiger partial charge < -0.3 is 15.0 Å². The van der Waals surface area contributed by atoms with E-state index in [4.69, 9.17) is 16.3 Å². The predicted octanol–water partition coefficient (Wildman–Crippen LogP) is 5.75. The fourth-order valence-electron chi connectivity index (χ4n) is 4.08. The van der Waals surface area contributed by atoms with Crippen molar-refractivity contribution in [2.75, 3.05) is 6.61 Å². The molecular weight excluding hydrogens is 470 g/mol. The van der Waals surface area contributed by atoms with E-state index >= 15 is 0 Å². The van der Waals surface area contributed by atoms with Crippen LogP contribution in [0.25, 0.3) is 0 Å². The topological polar surface area (TPSA) is 71.0 Å². The molecule has 2 aromatic carbocycles. The summed E-state index contributed by atoms with van der Waals surface area (Å²) in [4.78, 5) is 32.6. The molecule has 0 spiro atoms. The van der Waals surface area contributed by atoms with Gasteiger partial charge in [0.2, 0.25) is 5.91 Å². The normalized spacial score (nSPS) is 18.1. The van der Waals surface area contributed by atoms with Crippen molar-refractivity contribution in [3.63, 3.8) is 0 Å². The van der Waals surface area contributed by atoms with Crippen molar-refractivity contribution in [1.29, 1.82) is 0 Å². The van der Waals surface area contributed by atoms with Gasteiger partial charge >= 0.3 is 5.97 Å². The second-order valence-electron chi connectivity index (χ2n) is 8.04. The summed E-state index contributed by atoms with van der Waals surface area (Å²) in [6.07, 6.45) is 0.155. The van der Waals surface area contributed by atoms with Crippen molar-refractivity contribution in [2.45, 2.75) is 39.3 Å². The fraction of sp³-hybridized carbons (Fsp3) is 0.269. The number of nitrogens with zero attached hydrogens (tertiary/aromatic N) is 2. The van der Waals surface area contributed by atoms with Gasteiger partial charge in [0.05, 0.1) is 36.4 Å². The SMILES string of the molecule is CCOC(=O)C1=C(C)N=C2SC=C(CC(=O)NC(C)c3ccccc3)N2C1c1ccc(Cl)cc1. The number of fused-ring (bicyclic) bond motifs is 1. The standard InChI is InChI=1S/C26H26ClN3O3S/c1-4-33-25(32)23-17(3)29-26-30(24(23)19-10-12-20(27)13-11-19)21(15-34-26)14-22(31)28-16(2)18-8-6-5-7-9-18/h5-13,15-16,24H,4,14H2,1-3H3,(H,28,31). The summed E-state index contributed by atoms with van der Waals surface area (Å²) in [6.45, 7) is 5.81. The minimum Gasteiger partial charge on any atom is -0.463 e. The molecule has 176 valence electrons. The van der Waals surface area contributed by atoms with Crippen molar-refractivity contribution in [3.05, 3.63) is 93.1 Å². The molecule has 8 heteroatoms. The van der Waals surface area contributed by atoms with E-state index in [0.29, 0.717) is 16.3 Å². The summed E-state index contributed by atoms with van der Waals surface area (Å²) in [6, 6.07) is 16.6. The third-order valence-electron chi connectivity index (χ3n) is 5.70. The first-order valence-corrected chi connectivity index (χ1v) is 12.4. The van der Waals surface area contributed by atoms with Gasteiger partial charge in [-0.05, 0) is 49.4 Å². The van der Waals surface area contributed by atoms with Crippen LogP contribution in [0.5, 0.6) is 0 Å². The number of hydrogen-bond acceptors (Lipinski definition) is 6. The zero-order valence-corrected chi connectivity index (χ0v) is 20.8. The molecule has 2 aliphatic heterocycles. The number of allylic oxidation sites excluding steroid dienone is 1. The number of rotatable bonds is 7. The molecule has 0 saturated heterocycles. The van der Waals surface area contributed by atoms with E-state index in [1.165, 1.54) is 11.8 Å². The number of esters is 1. The lowest BCUT2D eigenvalue weighted by molar-refractivity contribution is -0.139. The lowest BCUT2D eigenvalue weighted by Gasteiger charge is -2.36. The van der Waals surface area contributed by atoms with Gasteiger partial charge in [0.15, 0.2) is 5.17 Å². The number of ether oxygens (including phenoxy) is 1. The smallest absolute Gasteiger partial charge is 0.338 e. The quantitative estimate of drug-likeness (QED) is 0.495. The Morgan fingerprint density at radius 1 is 1.18 bits per heavy atom. The van der Waals surface area contributed by atoms with Crippen molar-refractivity contribution < 1.29 is 14.3 Å². The third kappa shape index (κ3) is 5.05. The lowest BCUT2D eigenvalue weighted by Crippen LogP contribution is -2.38. The van der Waals surface area contributed by atoms with Gasteiger partial charge in [0, 0.05) is 10.7 Å². The summed E-state index contributed by atoms with van der Waals surface area (Å²) in [7, 11) is 0. The van der Waals surface area contributed by atoms with E-state index in [1.807, 2.05) is 66.6 Å². The van der Waals surface area contributed by atoms with E-state index < -0.39 is 12.0 Å². The third-order valence-corrected chi connectivity index (χ3v) is 6.84. The second-order valence-corrected chi connectivity index (χ2v) is 9.31. The summed E-state index contributed by atoms with van der Waals surface area (Å²) in [5, 5.41) is 6.32. The number of thioether (sulfide) groups is 1. The summed E-state index contributed by atoms with van der Waals surface area (Å²) < 4.78 is 5.37. The minimum absolute atomic E-state index is 0.108. The zero-order valence-electron chi connectivity index (χ0n) is 19.2. The minimum atomic E-state index is -0.468. The first-order chi connectivity index (χ1) is 16.4. The molecule has 2 unspecified atom stereocenters. The van der Waals surface area contributed by atoms with Crippen molar-refractivity contribution in [3.8, 4) is 0 Å². The number of hydrogen-bond donors (Lipinski definition) is 1. The Labute approximate surface area is 208 Å². The fourth-order valence-corrected chi connectivity index (χ4v) is 5.17. The van der Waals surface area contributed by atoms with Gasteiger partial charge in [-0.3, -0.25) is 4.79 Å². The molecule has 2 atom stereocenters. The van der Waals surface area contributed by atoms with Gasteiger partial charge in [0.1, 0.15) is 0 Å². The van der Waals surface area contributed by atoms with Crippen LogP contribution in [0.3, 0.4) is 0 Å². The predicted molar refractivity (Wildman–Crippen MR) is 136 cm³/mol. The molecule has 0 radical (unpaired) electrons. The molecule has 2 heterocycles. The molecule has 1 N–H and O–H groups in total. The van der Waals surface area contributed by atoms with Crippen LogP contribution >= 0.6 is 23.4 Å². The van der Waals surface area contributed by atoms with Gasteiger partial charge in [-0.1, -0.05) is 65.8 Å². The van der Waals surface area contributed by atoms with Gasteiger partial charge in [-0.15, -0.1) is 0 Å². The molecule has 0 fully saturated rings. The van der Waals surface area contributed by atoms with E-state index in [2.05, 4.69) is 10.3 Å². The number of aliphatic imine (C=N–C) groups is 1. The molecule has 1 amide bonds. The largest absolute Gasteiger partial charge is 0.463 e. The monoisotopic (exact) mass is 495 g/mol. The van der Waals surface area contributed by atoms with Crippen LogP contribution in [0.1, 0.15) is 50.4 Å². The number of nitrogens with one attached hydrogen (secondary N) is 1. The van der Waals surface area contributed by atoms with Gasteiger partial charge in [0.25, 0.3) is 0 Å². The average molecular weight is 496 g/mol. The molecule has 0 aromatic heterocycles. The molecular formula is C26H26ClN3O3S. The highest BCUT2D eigenvalue weighted by Gasteiger charge is 2.41. The van der Waals surface area contributed by atoms with Crippen molar-refractivity contribution >= 4 is 40.4 Å². The molecule has 2 aromatic rings. The van der Waals surface area contributed by atoms with Crippen LogP contribution in [0.15, 0.2) is 82.0 Å². The van der Waals surface area contributed by atoms with Crippen LogP contribution in [-0.4, -0.2) is 28.6 Å². The van der Waals surface area contributed by atoms with E-state index in [-0.39, 0.29) is 25.0 Å². The second kappa shape index (κ2) is 10.5. The average Bonchev–Trinajstić information content (AvgIpc) is 3.21. The van der Waals surface area contributed by atoms with Gasteiger partial charge in [-0.2, -0.15) is 0 Å². The summed E-state index contributed by atoms with van der Waals surface area (Å²) in [5.41, 5.74) is 3.74. The molecule has 34 heavy (non-hydrogen) atoms. The highest BCUT2D eigenvalue weighted by Crippen LogP contribution is 2.45. The maximum atomic E-state index is 13.0. The zero-order chi connectivity index (χ0) is 24.2. The number of amidine groups is 1. The van der Waals surface area contributed by atoms with Crippen molar-refractivity contribution in [2.24, 2.45) is 4.99 Å². The Balaban J connectivity index is 1.62. The molecule has 0 bridgehead atoms. The molecule has 0 aliphatic carbocycles. The summed E-state index contributed by atoms with van der Waals surface area (Å²) >= 11 is 7.57. The number of carbonyl (C=O) groups is 2. The van der Waals surface area contributed by atoms with Crippen LogP contribution in [0.4, 0.5) is 0 Å².